The number of hydrogen-bond acceptors (Lipinski definition) is 5. The number of tetrazole rings is 1. The van der Waals surface area contributed by atoms with Crippen molar-refractivity contribution < 1.29 is 4.79 Å². The molecule has 0 saturated heterocycles. The standard InChI is InChI=1S/C6H12N6O/c1-5(2-7)9-6(13)3-12-4-8-10-11-12/h4-5H,2-3,7H2,1H3,(H,9,13). The summed E-state index contributed by atoms with van der Waals surface area (Å²) in [4.78, 5) is 11.2. The lowest BCUT2D eigenvalue weighted by Crippen LogP contribution is -2.39. The zero-order valence-corrected chi connectivity index (χ0v) is 7.34. The monoisotopic (exact) mass is 184 g/mol. The van der Waals surface area contributed by atoms with Gasteiger partial charge in [0.05, 0.1) is 0 Å². The van der Waals surface area contributed by atoms with Gasteiger partial charge in [0.2, 0.25) is 5.91 Å². The van der Waals surface area contributed by atoms with Crippen LogP contribution in [-0.2, 0) is 11.3 Å². The fraction of sp³-hybridized carbons (Fsp3) is 0.667. The molecule has 0 aliphatic heterocycles. The summed E-state index contributed by atoms with van der Waals surface area (Å²) in [6, 6.07) is -0.0241. The minimum absolute atomic E-state index is 0.0241. The molecule has 0 bridgehead atoms. The Morgan fingerprint density at radius 1 is 1.77 bits per heavy atom. The molecule has 0 aliphatic carbocycles. The van der Waals surface area contributed by atoms with E-state index in [0.717, 1.165) is 0 Å². The second-order valence-corrected chi connectivity index (χ2v) is 2.71. The largest absolute Gasteiger partial charge is 0.351 e. The number of nitrogens with one attached hydrogen (secondary N) is 1. The highest BCUT2D eigenvalue weighted by Crippen LogP contribution is 1.81. The van der Waals surface area contributed by atoms with Gasteiger partial charge in [0.25, 0.3) is 0 Å². The molecule has 7 nitrogen and oxygen atoms in total. The molecule has 1 amide bonds. The van der Waals surface area contributed by atoms with E-state index in [2.05, 4.69) is 20.8 Å². The summed E-state index contributed by atoms with van der Waals surface area (Å²) in [5, 5.41) is 13.0. The van der Waals surface area contributed by atoms with E-state index in [1.165, 1.54) is 11.0 Å². The van der Waals surface area contributed by atoms with Crippen LogP contribution in [0.3, 0.4) is 0 Å². The van der Waals surface area contributed by atoms with Crippen molar-refractivity contribution in [2.45, 2.75) is 19.5 Å². The lowest BCUT2D eigenvalue weighted by Gasteiger charge is -2.10. The third-order valence-electron chi connectivity index (χ3n) is 1.46. The Morgan fingerprint density at radius 3 is 3.08 bits per heavy atom. The van der Waals surface area contributed by atoms with Gasteiger partial charge in [-0.25, -0.2) is 4.68 Å². The Balaban J connectivity index is 2.34. The molecule has 1 heterocycles. The van der Waals surface area contributed by atoms with Crippen molar-refractivity contribution in [3.05, 3.63) is 6.33 Å². The molecular weight excluding hydrogens is 172 g/mol. The van der Waals surface area contributed by atoms with Crippen LogP contribution in [0, 0.1) is 0 Å². The molecule has 3 N–H and O–H groups in total. The van der Waals surface area contributed by atoms with Crippen molar-refractivity contribution in [1.82, 2.24) is 25.5 Å². The van der Waals surface area contributed by atoms with Crippen LogP contribution in [0.2, 0.25) is 0 Å². The predicted molar refractivity (Wildman–Crippen MR) is 44.5 cm³/mol. The van der Waals surface area contributed by atoms with Crippen LogP contribution in [-0.4, -0.2) is 38.7 Å². The average Bonchev–Trinajstić information content (AvgIpc) is 2.56. The SMILES string of the molecule is CC(CN)NC(=O)Cn1cnnn1. The Morgan fingerprint density at radius 2 is 2.54 bits per heavy atom. The fourth-order valence-corrected chi connectivity index (χ4v) is 0.779. The van der Waals surface area contributed by atoms with Gasteiger partial charge in [-0.2, -0.15) is 0 Å². The van der Waals surface area contributed by atoms with E-state index in [1.54, 1.807) is 0 Å². The van der Waals surface area contributed by atoms with Gasteiger partial charge >= 0.3 is 0 Å². The molecule has 1 rings (SSSR count). The molecule has 7 heteroatoms. The summed E-state index contributed by atoms with van der Waals surface area (Å²) < 4.78 is 1.35. The van der Waals surface area contributed by atoms with Crippen LogP contribution >= 0.6 is 0 Å². The number of carbonyl (C=O) groups is 1. The van der Waals surface area contributed by atoms with Gasteiger partial charge < -0.3 is 11.1 Å². The normalized spacial score (nSPS) is 12.5. The van der Waals surface area contributed by atoms with Crippen LogP contribution < -0.4 is 11.1 Å². The van der Waals surface area contributed by atoms with Crippen molar-refractivity contribution in [3.63, 3.8) is 0 Å². The van der Waals surface area contributed by atoms with Gasteiger partial charge in [-0.15, -0.1) is 5.10 Å². The van der Waals surface area contributed by atoms with E-state index in [4.69, 9.17) is 5.73 Å². The van der Waals surface area contributed by atoms with E-state index in [-0.39, 0.29) is 18.5 Å². The first-order valence-electron chi connectivity index (χ1n) is 3.92. The van der Waals surface area contributed by atoms with Crippen LogP contribution in [0.25, 0.3) is 0 Å². The predicted octanol–water partition coefficient (Wildman–Crippen LogP) is -1.86. The van der Waals surface area contributed by atoms with Crippen molar-refractivity contribution in [3.8, 4) is 0 Å². The van der Waals surface area contributed by atoms with Gasteiger partial charge in [-0.05, 0) is 17.4 Å². The van der Waals surface area contributed by atoms with Crippen molar-refractivity contribution in [2.75, 3.05) is 6.54 Å². The maximum Gasteiger partial charge on any atom is 0.242 e. The summed E-state index contributed by atoms with van der Waals surface area (Å²) in [6.45, 7) is 2.37. The van der Waals surface area contributed by atoms with Gasteiger partial charge in [-0.3, -0.25) is 4.79 Å². The van der Waals surface area contributed by atoms with Crippen LogP contribution in [0.15, 0.2) is 6.33 Å². The summed E-state index contributed by atoms with van der Waals surface area (Å²) in [7, 11) is 0. The zero-order chi connectivity index (χ0) is 9.68. The van der Waals surface area contributed by atoms with Crippen molar-refractivity contribution in [1.29, 1.82) is 0 Å². The van der Waals surface area contributed by atoms with E-state index >= 15 is 0 Å². The van der Waals surface area contributed by atoms with Gasteiger partial charge in [-0.1, -0.05) is 0 Å². The number of aromatic nitrogens is 4. The van der Waals surface area contributed by atoms with Gasteiger partial charge in [0.15, 0.2) is 0 Å². The average molecular weight is 184 g/mol. The summed E-state index contributed by atoms with van der Waals surface area (Å²) in [6.07, 6.45) is 1.38. The summed E-state index contributed by atoms with van der Waals surface area (Å²) in [5.41, 5.74) is 5.33. The van der Waals surface area contributed by atoms with E-state index in [9.17, 15) is 4.79 Å². The first-order chi connectivity index (χ1) is 6.22. The molecular formula is C6H12N6O. The van der Waals surface area contributed by atoms with Crippen LogP contribution in [0.4, 0.5) is 0 Å². The van der Waals surface area contributed by atoms with Crippen molar-refractivity contribution >= 4 is 5.91 Å². The Bertz CT molecular complexity index is 258. The van der Waals surface area contributed by atoms with E-state index in [1.807, 2.05) is 6.92 Å². The minimum Gasteiger partial charge on any atom is -0.351 e. The lowest BCUT2D eigenvalue weighted by molar-refractivity contribution is -0.122. The lowest BCUT2D eigenvalue weighted by atomic mass is 10.3. The number of nitrogens with two attached hydrogens (primary N) is 1. The minimum atomic E-state index is -0.148. The molecule has 1 aromatic rings. The third kappa shape index (κ3) is 3.16. The van der Waals surface area contributed by atoms with Crippen LogP contribution in [0.1, 0.15) is 6.92 Å². The number of hydrogen-bond donors (Lipinski definition) is 2. The second kappa shape index (κ2) is 4.51. The van der Waals surface area contributed by atoms with Crippen LogP contribution in [0.5, 0.6) is 0 Å². The number of nitrogens with zero attached hydrogens (tertiary/aromatic N) is 4. The Kier molecular flexibility index (Phi) is 3.32. The maximum atomic E-state index is 11.2. The topological polar surface area (TPSA) is 98.7 Å². The molecule has 1 aromatic heterocycles. The Labute approximate surface area is 75.3 Å². The highest BCUT2D eigenvalue weighted by atomic mass is 16.2. The smallest absolute Gasteiger partial charge is 0.242 e. The van der Waals surface area contributed by atoms with Crippen molar-refractivity contribution in [2.24, 2.45) is 5.73 Å². The molecule has 0 aliphatic rings. The number of amides is 1. The molecule has 13 heavy (non-hydrogen) atoms. The Hall–Kier alpha value is -1.50. The fourth-order valence-electron chi connectivity index (χ4n) is 0.779. The van der Waals surface area contributed by atoms with Gasteiger partial charge in [0, 0.05) is 12.6 Å². The summed E-state index contributed by atoms with van der Waals surface area (Å²) >= 11 is 0. The molecule has 1 unspecified atom stereocenters. The highest BCUT2D eigenvalue weighted by molar-refractivity contribution is 5.75. The molecule has 1 atom stereocenters. The maximum absolute atomic E-state index is 11.2. The van der Waals surface area contributed by atoms with E-state index < -0.39 is 0 Å². The molecule has 0 saturated carbocycles. The molecule has 0 aromatic carbocycles. The van der Waals surface area contributed by atoms with E-state index in [0.29, 0.717) is 6.54 Å². The third-order valence-corrected chi connectivity index (χ3v) is 1.46. The number of carbonyl (C=O) groups excluding carboxylic acids is 1. The molecule has 0 fully saturated rings. The molecule has 0 spiro atoms. The summed E-state index contributed by atoms with van der Waals surface area (Å²) in [5.74, 6) is -0.148. The number of rotatable bonds is 4. The quantitative estimate of drug-likeness (QED) is 0.571. The molecule has 0 radical (unpaired) electrons. The zero-order valence-electron chi connectivity index (χ0n) is 7.34. The van der Waals surface area contributed by atoms with Gasteiger partial charge in [0.1, 0.15) is 12.9 Å². The first kappa shape index (κ1) is 9.59. The second-order valence-electron chi connectivity index (χ2n) is 2.71. The molecule has 72 valence electrons. The highest BCUT2D eigenvalue weighted by Gasteiger charge is 2.06. The first-order valence-corrected chi connectivity index (χ1v) is 3.92.